The molecule has 4 nitrogen and oxygen atoms in total. The van der Waals surface area contributed by atoms with Gasteiger partial charge < -0.3 is 4.98 Å². The molecule has 0 unspecified atom stereocenters. The zero-order valence-electron chi connectivity index (χ0n) is 9.53. The van der Waals surface area contributed by atoms with Crippen molar-refractivity contribution in [3.05, 3.63) is 40.5 Å². The Morgan fingerprint density at radius 3 is 2.56 bits per heavy atom. The molecule has 1 aromatic heterocycles. The number of fused-ring (bicyclic) bond motifs is 1. The third-order valence-corrected chi connectivity index (χ3v) is 3.82. The number of carbonyl (C=O) groups is 2. The van der Waals surface area contributed by atoms with E-state index in [1.807, 2.05) is 24.3 Å². The number of rotatable bonds is 1. The van der Waals surface area contributed by atoms with Crippen molar-refractivity contribution in [1.82, 2.24) is 9.88 Å². The van der Waals surface area contributed by atoms with Crippen LogP contribution in [0.3, 0.4) is 0 Å². The Kier molecular flexibility index (Phi) is 2.38. The maximum atomic E-state index is 12.1. The average molecular weight is 305 g/mol. The van der Waals surface area contributed by atoms with Crippen molar-refractivity contribution in [1.29, 1.82) is 0 Å². The smallest absolute Gasteiger partial charge is 0.268 e. The molecule has 0 fully saturated rings. The summed E-state index contributed by atoms with van der Waals surface area (Å²) in [6, 6.07) is 7.67. The van der Waals surface area contributed by atoms with Crippen LogP contribution in [0.2, 0.25) is 0 Å². The summed E-state index contributed by atoms with van der Waals surface area (Å²) >= 11 is 3.21. The molecule has 0 saturated heterocycles. The van der Waals surface area contributed by atoms with E-state index in [-0.39, 0.29) is 11.8 Å². The minimum absolute atomic E-state index is 0.281. The molecule has 0 aliphatic carbocycles. The number of amides is 2. The second kappa shape index (κ2) is 3.81. The fraction of sp³-hybridized carbons (Fsp3) is 0.0769. The van der Waals surface area contributed by atoms with Gasteiger partial charge in [-0.25, -0.2) is 0 Å². The fourth-order valence-corrected chi connectivity index (χ4v) is 2.77. The number of H-pyrrole nitrogens is 1. The summed E-state index contributed by atoms with van der Waals surface area (Å²) in [5, 5.41) is 0.931. The topological polar surface area (TPSA) is 53.2 Å². The van der Waals surface area contributed by atoms with Crippen LogP contribution >= 0.6 is 15.9 Å². The summed E-state index contributed by atoms with van der Waals surface area (Å²) < 4.78 is 0.319. The summed E-state index contributed by atoms with van der Waals surface area (Å²) in [5.41, 5.74) is 2.11. The molecular formula is C13H9BrN2O2. The Morgan fingerprint density at radius 1 is 1.17 bits per heavy atom. The van der Waals surface area contributed by atoms with Gasteiger partial charge in [0.1, 0.15) is 0 Å². The first-order valence-electron chi connectivity index (χ1n) is 5.40. The van der Waals surface area contributed by atoms with Gasteiger partial charge in [0, 0.05) is 29.7 Å². The van der Waals surface area contributed by atoms with Gasteiger partial charge in [0.25, 0.3) is 11.8 Å². The zero-order valence-corrected chi connectivity index (χ0v) is 11.1. The molecule has 2 amide bonds. The molecule has 0 saturated carbocycles. The molecule has 18 heavy (non-hydrogen) atoms. The molecule has 2 aromatic rings. The molecule has 5 heteroatoms. The highest BCUT2D eigenvalue weighted by atomic mass is 79.9. The summed E-state index contributed by atoms with van der Waals surface area (Å²) in [5.74, 6) is -0.586. The van der Waals surface area contributed by atoms with Gasteiger partial charge in [0.05, 0.1) is 10.1 Å². The third-order valence-electron chi connectivity index (χ3n) is 3.09. The lowest BCUT2D eigenvalue weighted by Crippen LogP contribution is -2.26. The van der Waals surface area contributed by atoms with Crippen molar-refractivity contribution >= 4 is 44.2 Å². The quantitative estimate of drug-likeness (QED) is 0.822. The van der Waals surface area contributed by atoms with Crippen LogP contribution in [-0.4, -0.2) is 28.7 Å². The number of para-hydroxylation sites is 1. The number of hydrogen-bond donors (Lipinski definition) is 1. The number of aromatic nitrogens is 1. The van der Waals surface area contributed by atoms with Gasteiger partial charge in [0.2, 0.25) is 0 Å². The lowest BCUT2D eigenvalue weighted by molar-refractivity contribution is -0.134. The van der Waals surface area contributed by atoms with Crippen molar-refractivity contribution in [3.63, 3.8) is 0 Å². The van der Waals surface area contributed by atoms with Crippen LogP contribution in [0, 0.1) is 0 Å². The number of benzene rings is 1. The average Bonchev–Trinajstić information content (AvgIpc) is 2.87. The van der Waals surface area contributed by atoms with Gasteiger partial charge in [-0.15, -0.1) is 0 Å². The van der Waals surface area contributed by atoms with Gasteiger partial charge in [-0.3, -0.25) is 14.5 Å². The largest absolute Gasteiger partial charge is 0.361 e. The maximum Gasteiger partial charge on any atom is 0.268 e. The van der Waals surface area contributed by atoms with E-state index in [2.05, 4.69) is 20.9 Å². The maximum absolute atomic E-state index is 12.1. The van der Waals surface area contributed by atoms with Crippen molar-refractivity contribution in [3.8, 4) is 0 Å². The Balaban J connectivity index is 2.28. The first kappa shape index (κ1) is 11.2. The number of hydrogen-bond acceptors (Lipinski definition) is 2. The summed E-state index contributed by atoms with van der Waals surface area (Å²) in [6.07, 6.45) is 1.76. The molecule has 3 rings (SSSR count). The predicted molar refractivity (Wildman–Crippen MR) is 71.9 cm³/mol. The van der Waals surface area contributed by atoms with Crippen LogP contribution < -0.4 is 0 Å². The summed E-state index contributed by atoms with van der Waals surface area (Å²) in [6.45, 7) is 0. The van der Waals surface area contributed by atoms with Crippen LogP contribution in [0.25, 0.3) is 16.5 Å². The van der Waals surface area contributed by atoms with E-state index >= 15 is 0 Å². The molecule has 0 spiro atoms. The number of halogens is 1. The molecule has 1 aliphatic rings. The predicted octanol–water partition coefficient (Wildman–Crippen LogP) is 2.27. The molecule has 0 atom stereocenters. The minimum Gasteiger partial charge on any atom is -0.361 e. The van der Waals surface area contributed by atoms with Gasteiger partial charge in [0.15, 0.2) is 0 Å². The van der Waals surface area contributed by atoms with E-state index in [4.69, 9.17) is 0 Å². The van der Waals surface area contributed by atoms with Crippen LogP contribution in [-0.2, 0) is 9.59 Å². The van der Waals surface area contributed by atoms with Gasteiger partial charge in [-0.05, 0) is 22.0 Å². The monoisotopic (exact) mass is 304 g/mol. The van der Waals surface area contributed by atoms with E-state index < -0.39 is 0 Å². The number of likely N-dealkylation sites (N-methyl/N-ethyl adjacent to an activating group) is 1. The first-order chi connectivity index (χ1) is 8.61. The standard InChI is InChI=1S/C13H9BrN2O2/c1-16-12(17)10(11(14)13(16)18)8-6-15-9-5-3-2-4-7(8)9/h2-6,15H,1H3. The van der Waals surface area contributed by atoms with Crippen LogP contribution in [0.1, 0.15) is 5.56 Å². The van der Waals surface area contributed by atoms with Gasteiger partial charge in [-0.1, -0.05) is 18.2 Å². The Hall–Kier alpha value is -1.88. The van der Waals surface area contributed by atoms with Gasteiger partial charge in [-0.2, -0.15) is 0 Å². The van der Waals surface area contributed by atoms with Crippen molar-refractivity contribution < 1.29 is 9.59 Å². The lowest BCUT2D eigenvalue weighted by Gasteiger charge is -2.05. The highest BCUT2D eigenvalue weighted by molar-refractivity contribution is 9.12. The molecule has 0 bridgehead atoms. The van der Waals surface area contributed by atoms with Crippen LogP contribution in [0.15, 0.2) is 34.9 Å². The van der Waals surface area contributed by atoms with E-state index in [9.17, 15) is 9.59 Å². The highest BCUT2D eigenvalue weighted by Gasteiger charge is 2.36. The highest BCUT2D eigenvalue weighted by Crippen LogP contribution is 2.35. The number of aromatic amines is 1. The molecule has 1 N–H and O–H groups in total. The fourth-order valence-electron chi connectivity index (χ4n) is 2.12. The van der Waals surface area contributed by atoms with E-state index in [0.29, 0.717) is 10.1 Å². The van der Waals surface area contributed by atoms with E-state index in [1.54, 1.807) is 6.20 Å². The van der Waals surface area contributed by atoms with Crippen molar-refractivity contribution in [2.75, 3.05) is 7.05 Å². The molecule has 1 aliphatic heterocycles. The van der Waals surface area contributed by atoms with E-state index in [1.165, 1.54) is 7.05 Å². The number of nitrogens with one attached hydrogen (secondary N) is 1. The van der Waals surface area contributed by atoms with E-state index in [0.717, 1.165) is 21.4 Å². The zero-order chi connectivity index (χ0) is 12.9. The number of carbonyl (C=O) groups excluding carboxylic acids is 2. The van der Waals surface area contributed by atoms with Crippen LogP contribution in [0.4, 0.5) is 0 Å². The molecular weight excluding hydrogens is 296 g/mol. The molecule has 1 aromatic carbocycles. The Bertz CT molecular complexity index is 715. The van der Waals surface area contributed by atoms with Crippen LogP contribution in [0.5, 0.6) is 0 Å². The van der Waals surface area contributed by atoms with Gasteiger partial charge >= 0.3 is 0 Å². The second-order valence-electron chi connectivity index (χ2n) is 4.11. The summed E-state index contributed by atoms with van der Waals surface area (Å²) in [4.78, 5) is 28.0. The lowest BCUT2D eigenvalue weighted by atomic mass is 10.1. The normalized spacial score (nSPS) is 16.2. The van der Waals surface area contributed by atoms with Crippen molar-refractivity contribution in [2.24, 2.45) is 0 Å². The molecule has 2 heterocycles. The summed E-state index contributed by atoms with van der Waals surface area (Å²) in [7, 11) is 1.48. The first-order valence-corrected chi connectivity index (χ1v) is 6.19. The third kappa shape index (κ3) is 1.37. The number of imide groups is 1. The SMILES string of the molecule is CN1C(=O)C(Br)=C(c2c[nH]c3ccccc23)C1=O. The van der Waals surface area contributed by atoms with Crippen molar-refractivity contribution in [2.45, 2.75) is 0 Å². The minimum atomic E-state index is -0.305. The molecule has 0 radical (unpaired) electrons. The Morgan fingerprint density at radius 2 is 1.89 bits per heavy atom. The Labute approximate surface area is 111 Å². The second-order valence-corrected chi connectivity index (χ2v) is 4.90. The number of nitrogens with zero attached hydrogens (tertiary/aromatic N) is 1. The molecule has 90 valence electrons.